The van der Waals surface area contributed by atoms with E-state index in [9.17, 15) is 4.79 Å². The SMILES string of the molecule is CC#CCOC(=O)CO.O=C([O-])Cl. The van der Waals surface area contributed by atoms with Crippen molar-refractivity contribution in [3.8, 4) is 11.8 Å². The van der Waals surface area contributed by atoms with E-state index in [0.29, 0.717) is 0 Å². The van der Waals surface area contributed by atoms with Gasteiger partial charge in [0.1, 0.15) is 12.0 Å². The first-order valence-electron chi connectivity index (χ1n) is 3.07. The van der Waals surface area contributed by atoms with Crippen LogP contribution in [0, 0.1) is 11.8 Å². The Kier molecular flexibility index (Phi) is 11.8. The highest BCUT2D eigenvalue weighted by Crippen LogP contribution is 1.73. The Morgan fingerprint density at radius 3 is 2.38 bits per heavy atom. The molecule has 0 fully saturated rings. The van der Waals surface area contributed by atoms with E-state index in [4.69, 9.17) is 15.0 Å². The van der Waals surface area contributed by atoms with E-state index in [-0.39, 0.29) is 6.61 Å². The Balaban J connectivity index is 0. The number of hydrogen-bond acceptors (Lipinski definition) is 5. The van der Waals surface area contributed by atoms with Crippen molar-refractivity contribution >= 4 is 23.0 Å². The lowest BCUT2D eigenvalue weighted by Gasteiger charge is -1.93. The van der Waals surface area contributed by atoms with Gasteiger partial charge < -0.3 is 19.7 Å². The van der Waals surface area contributed by atoms with E-state index < -0.39 is 18.0 Å². The highest BCUT2D eigenvalue weighted by atomic mass is 35.5. The van der Waals surface area contributed by atoms with Crippen molar-refractivity contribution in [3.05, 3.63) is 0 Å². The molecule has 0 radical (unpaired) electrons. The third-order valence-corrected chi connectivity index (χ3v) is 0.611. The minimum absolute atomic E-state index is 0.0654. The van der Waals surface area contributed by atoms with Crippen molar-refractivity contribution in [1.29, 1.82) is 0 Å². The molecular weight excluding hydrogens is 200 g/mol. The van der Waals surface area contributed by atoms with Crippen molar-refractivity contribution in [2.45, 2.75) is 6.92 Å². The van der Waals surface area contributed by atoms with Crippen LogP contribution in [0.4, 0.5) is 4.79 Å². The largest absolute Gasteiger partial charge is 0.534 e. The molecular formula is C7H8ClO5-. The number of carbonyl (C=O) groups is 2. The summed E-state index contributed by atoms with van der Waals surface area (Å²) in [5.74, 6) is 4.41. The van der Waals surface area contributed by atoms with Crippen molar-refractivity contribution in [1.82, 2.24) is 0 Å². The fourth-order valence-corrected chi connectivity index (χ4v) is 0.234. The predicted molar refractivity (Wildman–Crippen MR) is 42.7 cm³/mol. The molecule has 1 N–H and O–H groups in total. The maximum absolute atomic E-state index is 10.1. The van der Waals surface area contributed by atoms with Crippen LogP contribution in [0.1, 0.15) is 6.92 Å². The number of carbonyl (C=O) groups excluding carboxylic acids is 2. The fraction of sp³-hybridized carbons (Fsp3) is 0.429. The summed E-state index contributed by atoms with van der Waals surface area (Å²) in [7, 11) is 0. The third kappa shape index (κ3) is 24.9. The molecule has 0 saturated heterocycles. The molecule has 0 aromatic rings. The second kappa shape index (κ2) is 10.8. The molecule has 13 heavy (non-hydrogen) atoms. The number of aliphatic hydroxyl groups is 1. The summed E-state index contributed by atoms with van der Waals surface area (Å²) in [5.41, 5.74) is -1.61. The van der Waals surface area contributed by atoms with Crippen LogP contribution >= 0.6 is 11.6 Å². The maximum atomic E-state index is 10.1. The molecule has 0 unspecified atom stereocenters. The summed E-state index contributed by atoms with van der Waals surface area (Å²) in [6, 6.07) is 0. The second-order valence-corrected chi connectivity index (χ2v) is 1.79. The van der Waals surface area contributed by atoms with Gasteiger partial charge in [-0.15, -0.1) is 5.92 Å². The average Bonchev–Trinajstić information content (AvgIpc) is 2.03. The number of rotatable bonds is 2. The molecule has 0 aromatic heterocycles. The number of carboxylic acid groups (broad SMARTS) is 1. The fourth-order valence-electron chi connectivity index (χ4n) is 0.234. The number of hydrogen-bond donors (Lipinski definition) is 1. The number of halogens is 1. The van der Waals surface area contributed by atoms with Crippen molar-refractivity contribution < 1.29 is 24.5 Å². The molecule has 0 heterocycles. The molecule has 0 amide bonds. The van der Waals surface area contributed by atoms with Gasteiger partial charge in [-0.3, -0.25) is 0 Å². The van der Waals surface area contributed by atoms with Gasteiger partial charge in [0, 0.05) is 0 Å². The van der Waals surface area contributed by atoms with E-state index in [1.165, 1.54) is 0 Å². The molecule has 0 bridgehead atoms. The zero-order valence-corrected chi connectivity index (χ0v) is 7.63. The zero-order chi connectivity index (χ0) is 10.7. The smallest absolute Gasteiger partial charge is 0.332 e. The van der Waals surface area contributed by atoms with Gasteiger partial charge in [0.05, 0.1) is 0 Å². The number of esters is 1. The lowest BCUT2D eigenvalue weighted by molar-refractivity contribution is -0.233. The van der Waals surface area contributed by atoms with Crippen LogP contribution in [0.25, 0.3) is 0 Å². The van der Waals surface area contributed by atoms with E-state index in [0.717, 1.165) is 0 Å². The Morgan fingerprint density at radius 1 is 1.62 bits per heavy atom. The van der Waals surface area contributed by atoms with Crippen LogP contribution in [0.3, 0.4) is 0 Å². The molecule has 0 spiro atoms. The number of ether oxygens (including phenoxy) is 1. The van der Waals surface area contributed by atoms with Gasteiger partial charge in [-0.2, -0.15) is 0 Å². The van der Waals surface area contributed by atoms with Crippen molar-refractivity contribution in [2.75, 3.05) is 13.2 Å². The van der Waals surface area contributed by atoms with Gasteiger partial charge in [0.2, 0.25) is 0 Å². The highest BCUT2D eigenvalue weighted by Gasteiger charge is 1.94. The van der Waals surface area contributed by atoms with Gasteiger partial charge in [-0.1, -0.05) is 17.5 Å². The first-order chi connectivity index (χ1) is 6.04. The van der Waals surface area contributed by atoms with Crippen LogP contribution in [0.2, 0.25) is 0 Å². The second-order valence-electron chi connectivity index (χ2n) is 1.48. The van der Waals surface area contributed by atoms with Crippen LogP contribution in [-0.2, 0) is 9.53 Å². The third-order valence-electron chi connectivity index (χ3n) is 0.611. The standard InChI is InChI=1S/C6H8O3.CHClO2/c1-2-3-4-9-6(8)5-7;2-1(3)4/h7H,4-5H2,1H3;(H,3,4)/p-1. The van der Waals surface area contributed by atoms with Gasteiger partial charge in [-0.05, 0) is 6.92 Å². The van der Waals surface area contributed by atoms with E-state index >= 15 is 0 Å². The lowest BCUT2D eigenvalue weighted by atomic mass is 10.6. The first kappa shape index (κ1) is 14.3. The minimum atomic E-state index is -1.61. The Labute approximate surface area is 80.3 Å². The summed E-state index contributed by atoms with van der Waals surface area (Å²) >= 11 is 4.08. The summed E-state index contributed by atoms with van der Waals surface area (Å²) in [6.45, 7) is 1.13. The minimum Gasteiger partial charge on any atom is -0.534 e. The molecule has 5 nitrogen and oxygen atoms in total. The molecule has 0 aliphatic heterocycles. The summed E-state index contributed by atoms with van der Waals surface area (Å²) in [6.07, 6.45) is 0. The quantitative estimate of drug-likeness (QED) is 0.361. The molecule has 0 aliphatic rings. The van der Waals surface area contributed by atoms with Gasteiger partial charge in [-0.25, -0.2) is 4.79 Å². The van der Waals surface area contributed by atoms with Gasteiger partial charge in [0.25, 0.3) is 0 Å². The molecule has 6 heteroatoms. The normalized spacial score (nSPS) is 7.00. The van der Waals surface area contributed by atoms with E-state index in [2.05, 4.69) is 28.2 Å². The monoisotopic (exact) mass is 207 g/mol. The zero-order valence-electron chi connectivity index (χ0n) is 6.87. The summed E-state index contributed by atoms with van der Waals surface area (Å²) in [5, 5.41) is 16.8. The van der Waals surface area contributed by atoms with Crippen molar-refractivity contribution in [2.24, 2.45) is 0 Å². The Hall–Kier alpha value is -1.25. The molecule has 0 aromatic carbocycles. The molecule has 0 saturated carbocycles. The maximum Gasteiger partial charge on any atom is 0.332 e. The Bertz CT molecular complexity index is 211. The number of aliphatic hydroxyl groups excluding tert-OH is 1. The molecule has 0 aliphatic carbocycles. The summed E-state index contributed by atoms with van der Waals surface area (Å²) < 4.78 is 4.37. The molecule has 0 rings (SSSR count). The van der Waals surface area contributed by atoms with E-state index in [1.54, 1.807) is 6.92 Å². The lowest BCUT2D eigenvalue weighted by Crippen LogP contribution is -2.11. The van der Waals surface area contributed by atoms with Gasteiger partial charge in [0.15, 0.2) is 6.61 Å². The molecule has 74 valence electrons. The van der Waals surface area contributed by atoms with Crippen LogP contribution in [-0.4, -0.2) is 29.7 Å². The van der Waals surface area contributed by atoms with Crippen LogP contribution in [0.5, 0.6) is 0 Å². The topological polar surface area (TPSA) is 86.7 Å². The van der Waals surface area contributed by atoms with Crippen LogP contribution < -0.4 is 5.11 Å². The van der Waals surface area contributed by atoms with Gasteiger partial charge >= 0.3 is 5.97 Å². The van der Waals surface area contributed by atoms with Crippen LogP contribution in [0.15, 0.2) is 0 Å². The molecule has 0 atom stereocenters. The summed E-state index contributed by atoms with van der Waals surface area (Å²) in [4.78, 5) is 18.8. The van der Waals surface area contributed by atoms with Crippen molar-refractivity contribution in [3.63, 3.8) is 0 Å². The predicted octanol–water partition coefficient (Wildman–Crippen LogP) is -0.886. The Morgan fingerprint density at radius 2 is 2.08 bits per heavy atom. The van der Waals surface area contributed by atoms with E-state index in [1.807, 2.05) is 0 Å². The average molecular weight is 208 g/mol. The highest BCUT2D eigenvalue weighted by molar-refractivity contribution is 6.59. The first-order valence-corrected chi connectivity index (χ1v) is 3.45.